The number of hydrogen-bond acceptors (Lipinski definition) is 3. The number of carbonyl (C=O) groups is 1. The Morgan fingerprint density at radius 2 is 2.12 bits per heavy atom. The minimum absolute atomic E-state index is 0.143. The number of aromatic nitrogens is 1. The van der Waals surface area contributed by atoms with Crippen LogP contribution in [0.2, 0.25) is 5.02 Å². The van der Waals surface area contributed by atoms with Crippen LogP contribution in [0.15, 0.2) is 24.3 Å². The molecule has 0 N–H and O–H groups in total. The first-order chi connectivity index (χ1) is 7.61. The average molecular weight is 256 g/mol. The van der Waals surface area contributed by atoms with Gasteiger partial charge in [-0.25, -0.2) is 4.98 Å². The lowest BCUT2D eigenvalue weighted by atomic mass is 10.2. The number of rotatable bonds is 2. The molecule has 0 atom stereocenters. The summed E-state index contributed by atoms with van der Waals surface area (Å²) in [4.78, 5) is 15.1. The number of nitrogens with zero attached hydrogens (tertiary/aromatic N) is 1. The number of ether oxygens (including phenoxy) is 1. The summed E-state index contributed by atoms with van der Waals surface area (Å²) in [6.07, 6.45) is 0. The molecule has 1 heterocycles. The summed E-state index contributed by atoms with van der Waals surface area (Å²) >= 11 is 11.4. The third-order valence-corrected chi connectivity index (χ3v) is 2.67. The van der Waals surface area contributed by atoms with Gasteiger partial charge in [0.1, 0.15) is 11.4 Å². The maximum atomic E-state index is 11.0. The van der Waals surface area contributed by atoms with E-state index in [9.17, 15) is 4.79 Å². The van der Waals surface area contributed by atoms with Gasteiger partial charge >= 0.3 is 0 Å². The maximum Gasteiger partial charge on any atom is 0.270 e. The maximum absolute atomic E-state index is 11.0. The summed E-state index contributed by atoms with van der Waals surface area (Å²) in [7, 11) is 1.57. The fraction of sp³-hybridized carbons (Fsp3) is 0.0909. The quantitative estimate of drug-likeness (QED) is 0.774. The van der Waals surface area contributed by atoms with Crippen LogP contribution in [0, 0.1) is 0 Å². The van der Waals surface area contributed by atoms with E-state index in [4.69, 9.17) is 27.9 Å². The predicted molar refractivity (Wildman–Crippen MR) is 63.5 cm³/mol. The second-order valence-corrected chi connectivity index (χ2v) is 3.90. The highest BCUT2D eigenvalue weighted by molar-refractivity contribution is 6.67. The lowest BCUT2D eigenvalue weighted by molar-refractivity contribution is 0.107. The van der Waals surface area contributed by atoms with Crippen molar-refractivity contribution in [1.29, 1.82) is 0 Å². The molecule has 5 heteroatoms. The summed E-state index contributed by atoms with van der Waals surface area (Å²) in [5, 5.41) is 0.523. The van der Waals surface area contributed by atoms with Gasteiger partial charge in [-0.15, -0.1) is 0 Å². The van der Waals surface area contributed by atoms with E-state index < -0.39 is 5.24 Å². The van der Waals surface area contributed by atoms with Crippen molar-refractivity contribution in [3.8, 4) is 5.75 Å². The van der Waals surface area contributed by atoms with Crippen LogP contribution < -0.4 is 4.74 Å². The Hall–Kier alpha value is -1.32. The lowest BCUT2D eigenvalue weighted by Crippen LogP contribution is -1.95. The number of fused-ring (bicyclic) bond motifs is 1. The molecule has 3 nitrogen and oxygen atoms in total. The molecule has 0 radical (unpaired) electrons. The van der Waals surface area contributed by atoms with Crippen LogP contribution in [0.25, 0.3) is 10.9 Å². The van der Waals surface area contributed by atoms with Crippen molar-refractivity contribution in [3.63, 3.8) is 0 Å². The Balaban J connectivity index is 2.71. The van der Waals surface area contributed by atoms with Crippen molar-refractivity contribution >= 4 is 39.3 Å². The zero-order valence-corrected chi connectivity index (χ0v) is 9.84. The van der Waals surface area contributed by atoms with E-state index in [2.05, 4.69) is 4.98 Å². The smallest absolute Gasteiger partial charge is 0.270 e. The van der Waals surface area contributed by atoms with E-state index in [0.717, 1.165) is 5.39 Å². The molecular weight excluding hydrogens is 249 g/mol. The molecule has 0 saturated carbocycles. The molecule has 0 aliphatic rings. The molecule has 2 aromatic rings. The van der Waals surface area contributed by atoms with Crippen LogP contribution in [0.5, 0.6) is 5.75 Å². The highest BCUT2D eigenvalue weighted by Crippen LogP contribution is 2.27. The van der Waals surface area contributed by atoms with E-state index in [0.29, 0.717) is 16.3 Å². The Bertz CT molecular complexity index is 569. The topological polar surface area (TPSA) is 39.2 Å². The molecule has 0 amide bonds. The Kier molecular flexibility index (Phi) is 2.99. The molecular formula is C11H7Cl2NO2. The highest BCUT2D eigenvalue weighted by Gasteiger charge is 2.09. The van der Waals surface area contributed by atoms with Gasteiger partial charge in [-0.3, -0.25) is 4.79 Å². The minimum Gasteiger partial charge on any atom is -0.497 e. The molecule has 1 aromatic carbocycles. The van der Waals surface area contributed by atoms with E-state index in [-0.39, 0.29) is 5.69 Å². The van der Waals surface area contributed by atoms with E-state index >= 15 is 0 Å². The number of methoxy groups -OCH3 is 1. The van der Waals surface area contributed by atoms with Gasteiger partial charge in [0.25, 0.3) is 5.24 Å². The second-order valence-electron chi connectivity index (χ2n) is 3.15. The Morgan fingerprint density at radius 1 is 1.38 bits per heavy atom. The number of halogens is 2. The molecule has 0 saturated heterocycles. The van der Waals surface area contributed by atoms with Crippen molar-refractivity contribution in [2.75, 3.05) is 7.11 Å². The lowest BCUT2D eigenvalue weighted by Gasteiger charge is -2.04. The summed E-state index contributed by atoms with van der Waals surface area (Å²) in [6.45, 7) is 0. The van der Waals surface area contributed by atoms with Crippen LogP contribution in [-0.4, -0.2) is 17.3 Å². The molecule has 0 bridgehead atoms. The highest BCUT2D eigenvalue weighted by atomic mass is 35.5. The van der Waals surface area contributed by atoms with Gasteiger partial charge in [-0.1, -0.05) is 11.6 Å². The molecule has 0 spiro atoms. The molecule has 0 aliphatic carbocycles. The normalized spacial score (nSPS) is 10.4. The molecule has 1 aromatic heterocycles. The van der Waals surface area contributed by atoms with Gasteiger partial charge in [-0.2, -0.15) is 0 Å². The summed E-state index contributed by atoms with van der Waals surface area (Å²) < 4.78 is 5.08. The number of carbonyl (C=O) groups excluding carboxylic acids is 1. The first kappa shape index (κ1) is 11.2. The third kappa shape index (κ3) is 1.96. The van der Waals surface area contributed by atoms with Gasteiger partial charge in [0.15, 0.2) is 0 Å². The van der Waals surface area contributed by atoms with Gasteiger partial charge < -0.3 is 4.74 Å². The van der Waals surface area contributed by atoms with Crippen molar-refractivity contribution < 1.29 is 9.53 Å². The van der Waals surface area contributed by atoms with Crippen LogP contribution in [0.3, 0.4) is 0 Å². The fourth-order valence-electron chi connectivity index (χ4n) is 1.39. The van der Waals surface area contributed by atoms with Gasteiger partial charge in [0.2, 0.25) is 0 Å². The fourth-order valence-corrected chi connectivity index (χ4v) is 1.74. The largest absolute Gasteiger partial charge is 0.497 e. The zero-order chi connectivity index (χ0) is 11.7. The van der Waals surface area contributed by atoms with Crippen LogP contribution in [0.4, 0.5) is 0 Å². The number of hydrogen-bond donors (Lipinski definition) is 0. The van der Waals surface area contributed by atoms with Gasteiger partial charge in [-0.05, 0) is 35.9 Å². The third-order valence-electron chi connectivity index (χ3n) is 2.17. The Labute approximate surface area is 102 Å². The van der Waals surface area contributed by atoms with E-state index in [1.807, 2.05) is 0 Å². The van der Waals surface area contributed by atoms with Crippen molar-refractivity contribution in [3.05, 3.63) is 35.0 Å². The molecule has 0 aliphatic heterocycles. The van der Waals surface area contributed by atoms with Gasteiger partial charge in [0.05, 0.1) is 17.6 Å². The molecule has 0 unspecified atom stereocenters. The summed E-state index contributed by atoms with van der Waals surface area (Å²) in [5.74, 6) is 0.682. The monoisotopic (exact) mass is 255 g/mol. The average Bonchev–Trinajstić information content (AvgIpc) is 2.28. The Morgan fingerprint density at radius 3 is 2.75 bits per heavy atom. The molecule has 16 heavy (non-hydrogen) atoms. The molecule has 0 fully saturated rings. The van der Waals surface area contributed by atoms with Crippen molar-refractivity contribution in [2.45, 2.75) is 0 Å². The summed E-state index contributed by atoms with van der Waals surface area (Å²) in [5.41, 5.74) is 0.752. The molecule has 2 rings (SSSR count). The van der Waals surface area contributed by atoms with Crippen LogP contribution in [0.1, 0.15) is 10.5 Å². The SMILES string of the molecule is COc1ccc2nc(C(=O)Cl)cc(Cl)c2c1. The predicted octanol–water partition coefficient (Wildman–Crippen LogP) is 3.28. The minimum atomic E-state index is -0.625. The van der Waals surface area contributed by atoms with Crippen molar-refractivity contribution in [1.82, 2.24) is 4.98 Å². The van der Waals surface area contributed by atoms with Crippen LogP contribution in [-0.2, 0) is 0 Å². The first-order valence-electron chi connectivity index (χ1n) is 4.46. The van der Waals surface area contributed by atoms with E-state index in [1.54, 1.807) is 25.3 Å². The summed E-state index contributed by atoms with van der Waals surface area (Å²) in [6, 6.07) is 6.67. The second kappa shape index (κ2) is 4.28. The van der Waals surface area contributed by atoms with Crippen LogP contribution >= 0.6 is 23.2 Å². The number of pyridine rings is 1. The first-order valence-corrected chi connectivity index (χ1v) is 5.21. The zero-order valence-electron chi connectivity index (χ0n) is 8.33. The standard InChI is InChI=1S/C11H7Cl2NO2/c1-16-6-2-3-9-7(4-6)8(12)5-10(14-9)11(13)15/h2-5H,1H3. The number of benzene rings is 1. The van der Waals surface area contributed by atoms with E-state index in [1.165, 1.54) is 6.07 Å². The molecule has 82 valence electrons. The van der Waals surface area contributed by atoms with Gasteiger partial charge in [0, 0.05) is 5.39 Å². The van der Waals surface area contributed by atoms with Crippen molar-refractivity contribution in [2.24, 2.45) is 0 Å².